The number of carbonyl (C=O) groups excluding carboxylic acids is 3. The maximum atomic E-state index is 12.8. The molecule has 28 heavy (non-hydrogen) atoms. The Balaban J connectivity index is 6.06. The number of ether oxygens (including phenoxy) is 3. The van der Waals surface area contributed by atoms with Crippen LogP contribution in [0.5, 0.6) is 0 Å². The third kappa shape index (κ3) is 10.5. The van der Waals surface area contributed by atoms with Crippen molar-refractivity contribution in [3.63, 3.8) is 0 Å². The molecule has 0 heterocycles. The predicted octanol–water partition coefficient (Wildman–Crippen LogP) is 3.89. The van der Waals surface area contributed by atoms with Crippen molar-refractivity contribution in [3.05, 3.63) is 0 Å². The molecule has 0 aromatic rings. The third-order valence-corrected chi connectivity index (χ3v) is 3.11. The molecule has 8 heteroatoms. The molecule has 0 aromatic heterocycles. The van der Waals surface area contributed by atoms with Crippen LogP contribution in [-0.4, -0.2) is 57.6 Å². The Morgan fingerprint density at radius 3 is 1.43 bits per heavy atom. The van der Waals surface area contributed by atoms with E-state index in [4.69, 9.17) is 14.2 Å². The van der Waals surface area contributed by atoms with Gasteiger partial charge in [-0.25, -0.2) is 14.4 Å². The van der Waals surface area contributed by atoms with Crippen LogP contribution in [0.2, 0.25) is 0 Å². The normalized spacial score (nSPS) is 14.7. The second-order valence-electron chi connectivity index (χ2n) is 9.90. The molecule has 0 saturated heterocycles. The maximum Gasteiger partial charge on any atom is 0.420 e. The fraction of sp³-hybridized carbons (Fsp3) is 0.850. The van der Waals surface area contributed by atoms with E-state index in [1.54, 1.807) is 69.2 Å². The Labute approximate surface area is 168 Å². The second kappa shape index (κ2) is 9.58. The molecule has 0 radical (unpaired) electrons. The first-order chi connectivity index (χ1) is 12.4. The summed E-state index contributed by atoms with van der Waals surface area (Å²) >= 11 is 0. The first-order valence-corrected chi connectivity index (χ1v) is 9.45. The third-order valence-electron chi connectivity index (χ3n) is 3.11. The molecular weight excluding hydrogens is 366 g/mol. The summed E-state index contributed by atoms with van der Waals surface area (Å²) < 4.78 is 16.1. The van der Waals surface area contributed by atoms with Gasteiger partial charge in [0.15, 0.2) is 0 Å². The van der Waals surface area contributed by atoms with E-state index < -0.39 is 41.0 Å². The number of nitrogens with zero attached hydrogens (tertiary/aromatic N) is 1. The van der Waals surface area contributed by atoms with Crippen LogP contribution in [0, 0.1) is 5.92 Å². The van der Waals surface area contributed by atoms with Crippen LogP contribution in [0.25, 0.3) is 0 Å². The highest BCUT2D eigenvalue weighted by Gasteiger charge is 2.42. The minimum absolute atomic E-state index is 0.00387. The topological polar surface area (TPSA) is 102 Å². The van der Waals surface area contributed by atoms with Gasteiger partial charge in [0, 0.05) is 6.61 Å². The lowest BCUT2D eigenvalue weighted by atomic mass is 10.0. The zero-order valence-corrected chi connectivity index (χ0v) is 18.9. The van der Waals surface area contributed by atoms with Crippen molar-refractivity contribution in [2.45, 2.75) is 98.5 Å². The molecule has 0 aliphatic carbocycles. The number of hydrogen-bond donors (Lipinski definition) is 1. The quantitative estimate of drug-likeness (QED) is 0.549. The molecule has 0 fully saturated rings. The lowest BCUT2D eigenvalue weighted by Crippen LogP contribution is -2.53. The smallest absolute Gasteiger partial charge is 0.420 e. The molecule has 0 saturated carbocycles. The average Bonchev–Trinajstić information content (AvgIpc) is 2.40. The van der Waals surface area contributed by atoms with E-state index in [0.717, 1.165) is 0 Å². The van der Waals surface area contributed by atoms with Gasteiger partial charge in [-0.15, -0.1) is 0 Å². The van der Waals surface area contributed by atoms with E-state index in [1.165, 1.54) is 0 Å². The Hall–Kier alpha value is -1.83. The van der Waals surface area contributed by atoms with E-state index in [0.29, 0.717) is 4.90 Å². The number of imide groups is 1. The number of carbonyl (C=O) groups is 3. The fourth-order valence-electron chi connectivity index (χ4n) is 2.08. The summed E-state index contributed by atoms with van der Waals surface area (Å²) in [5.41, 5.74) is -2.61. The van der Waals surface area contributed by atoms with Crippen molar-refractivity contribution >= 4 is 18.2 Å². The van der Waals surface area contributed by atoms with Gasteiger partial charge < -0.3 is 19.3 Å². The van der Waals surface area contributed by atoms with E-state index in [-0.39, 0.29) is 18.9 Å². The van der Waals surface area contributed by atoms with Gasteiger partial charge in [0.2, 0.25) is 0 Å². The fourth-order valence-corrected chi connectivity index (χ4v) is 2.08. The van der Waals surface area contributed by atoms with Crippen molar-refractivity contribution in [1.29, 1.82) is 0 Å². The molecule has 1 N–H and O–H groups in total. The van der Waals surface area contributed by atoms with Crippen LogP contribution in [0.3, 0.4) is 0 Å². The standard InChI is InChI=1S/C20H37NO7/c1-13(12-22)11-14(15(23)26-18(2,3)4)21(16(24)27-19(5,6)7)17(25)28-20(8,9)10/h13-14,22H,11-12H2,1-10H3/t13-,14-/m0/s1. The van der Waals surface area contributed by atoms with E-state index in [2.05, 4.69) is 0 Å². The summed E-state index contributed by atoms with van der Waals surface area (Å²) in [7, 11) is 0. The molecule has 0 rings (SSSR count). The van der Waals surface area contributed by atoms with Gasteiger partial charge in [0.25, 0.3) is 0 Å². The Kier molecular flexibility index (Phi) is 8.96. The highest BCUT2D eigenvalue weighted by Crippen LogP contribution is 2.23. The summed E-state index contributed by atoms with van der Waals surface area (Å²) in [5, 5.41) is 9.43. The lowest BCUT2D eigenvalue weighted by Gasteiger charge is -2.34. The van der Waals surface area contributed by atoms with Crippen LogP contribution in [-0.2, 0) is 19.0 Å². The largest absolute Gasteiger partial charge is 0.458 e. The minimum Gasteiger partial charge on any atom is -0.458 e. The number of hydrogen-bond acceptors (Lipinski definition) is 7. The molecule has 0 aliphatic rings. The second-order valence-corrected chi connectivity index (χ2v) is 9.90. The van der Waals surface area contributed by atoms with Crippen molar-refractivity contribution < 1.29 is 33.7 Å². The zero-order valence-electron chi connectivity index (χ0n) is 18.9. The summed E-state index contributed by atoms with van der Waals surface area (Å²) in [6.07, 6.45) is -2.02. The van der Waals surface area contributed by atoms with E-state index >= 15 is 0 Å². The molecule has 164 valence electrons. The van der Waals surface area contributed by atoms with Crippen LogP contribution in [0.1, 0.15) is 75.7 Å². The van der Waals surface area contributed by atoms with Crippen LogP contribution < -0.4 is 0 Å². The molecule has 8 nitrogen and oxygen atoms in total. The van der Waals surface area contributed by atoms with Gasteiger partial charge in [-0.05, 0) is 74.7 Å². The summed E-state index contributed by atoms with van der Waals surface area (Å²) in [6.45, 7) is 16.4. The molecule has 2 atom stereocenters. The van der Waals surface area contributed by atoms with Gasteiger partial charge in [-0.1, -0.05) is 6.92 Å². The number of aliphatic hydroxyl groups excluding tert-OH is 1. The van der Waals surface area contributed by atoms with E-state index in [9.17, 15) is 19.5 Å². The maximum absolute atomic E-state index is 12.8. The molecular formula is C20H37NO7. The molecule has 0 aromatic carbocycles. The van der Waals surface area contributed by atoms with Crippen LogP contribution in [0.4, 0.5) is 9.59 Å². The van der Waals surface area contributed by atoms with Crippen molar-refractivity contribution in [2.24, 2.45) is 5.92 Å². The van der Waals surface area contributed by atoms with Crippen LogP contribution >= 0.6 is 0 Å². The lowest BCUT2D eigenvalue weighted by molar-refractivity contribution is -0.161. The van der Waals surface area contributed by atoms with Gasteiger partial charge in [-0.3, -0.25) is 0 Å². The van der Waals surface area contributed by atoms with Gasteiger partial charge in [-0.2, -0.15) is 4.90 Å². The summed E-state index contributed by atoms with van der Waals surface area (Å²) in [5.74, 6) is -1.14. The SMILES string of the molecule is C[C@H](CO)C[C@@H](C(=O)OC(C)(C)C)N(C(=O)OC(C)(C)C)C(=O)OC(C)(C)C. The molecule has 0 aliphatic heterocycles. The summed E-state index contributed by atoms with van der Waals surface area (Å²) in [4.78, 5) is 39.1. The van der Waals surface area contributed by atoms with Crippen molar-refractivity contribution in [2.75, 3.05) is 6.61 Å². The predicted molar refractivity (Wildman–Crippen MR) is 105 cm³/mol. The Morgan fingerprint density at radius 2 is 1.14 bits per heavy atom. The molecule has 0 spiro atoms. The molecule has 2 amide bonds. The van der Waals surface area contributed by atoms with Gasteiger partial charge in [0.05, 0.1) is 0 Å². The minimum atomic E-state index is -1.30. The number of esters is 1. The summed E-state index contributed by atoms with van der Waals surface area (Å²) in [6, 6.07) is -1.30. The molecule has 0 unspecified atom stereocenters. The van der Waals surface area contributed by atoms with E-state index in [1.807, 2.05) is 0 Å². The average molecular weight is 404 g/mol. The Bertz CT molecular complexity index is 524. The highest BCUT2D eigenvalue weighted by atomic mass is 16.6. The highest BCUT2D eigenvalue weighted by molar-refractivity contribution is 5.94. The van der Waals surface area contributed by atoms with Crippen molar-refractivity contribution in [3.8, 4) is 0 Å². The number of rotatable bonds is 5. The first-order valence-electron chi connectivity index (χ1n) is 9.45. The van der Waals surface area contributed by atoms with Crippen molar-refractivity contribution in [1.82, 2.24) is 4.90 Å². The zero-order chi connectivity index (χ0) is 22.5. The Morgan fingerprint density at radius 1 is 0.786 bits per heavy atom. The number of amides is 2. The monoisotopic (exact) mass is 403 g/mol. The van der Waals surface area contributed by atoms with Gasteiger partial charge >= 0.3 is 18.2 Å². The number of aliphatic hydroxyl groups is 1. The van der Waals surface area contributed by atoms with Crippen LogP contribution in [0.15, 0.2) is 0 Å². The van der Waals surface area contributed by atoms with Gasteiger partial charge in [0.1, 0.15) is 22.8 Å². The molecule has 0 bridgehead atoms. The first kappa shape index (κ1) is 26.2.